The molecule has 0 spiro atoms. The van der Waals surface area contributed by atoms with Crippen LogP contribution in [0.15, 0.2) is 24.7 Å². The first-order chi connectivity index (χ1) is 9.27. The number of ether oxygens (including phenoxy) is 1. The fraction of sp³-hybridized carbons (Fsp3) is 0.750. The molecule has 4 unspecified atom stereocenters. The molecule has 2 N–H and O–H groups in total. The largest absolute Gasteiger partial charge is 0.473 e. The third-order valence-electron chi connectivity index (χ3n) is 4.37. The lowest BCUT2D eigenvalue weighted by Gasteiger charge is -2.24. The Labute approximate surface area is 116 Å². The third kappa shape index (κ3) is 4.66. The maximum absolute atomic E-state index is 9.81. The van der Waals surface area contributed by atoms with Crippen LogP contribution in [0, 0.1) is 11.8 Å². The van der Waals surface area contributed by atoms with Gasteiger partial charge in [-0.2, -0.15) is 0 Å². The predicted molar refractivity (Wildman–Crippen MR) is 75.3 cm³/mol. The van der Waals surface area contributed by atoms with E-state index >= 15 is 0 Å². The monoisotopic (exact) mass is 266 g/mol. The smallest absolute Gasteiger partial charge is 0.0865 e. The molecule has 3 nitrogen and oxygen atoms in total. The second-order valence-corrected chi connectivity index (χ2v) is 5.82. The Morgan fingerprint density at radius 3 is 1.53 bits per heavy atom. The van der Waals surface area contributed by atoms with Gasteiger partial charge in [-0.15, -0.1) is 0 Å². The molecule has 0 bridgehead atoms. The highest BCUT2D eigenvalue weighted by Crippen LogP contribution is 2.26. The molecule has 0 aliphatic heterocycles. The van der Waals surface area contributed by atoms with Gasteiger partial charge in [0, 0.05) is 11.8 Å². The lowest BCUT2D eigenvalue weighted by Crippen LogP contribution is -2.22. The van der Waals surface area contributed by atoms with E-state index in [1.54, 1.807) is 12.5 Å². The van der Waals surface area contributed by atoms with Crippen molar-refractivity contribution in [2.75, 3.05) is 0 Å². The summed E-state index contributed by atoms with van der Waals surface area (Å²) in [5, 5.41) is 19.6. The van der Waals surface area contributed by atoms with Crippen LogP contribution in [0.25, 0.3) is 0 Å². The Kier molecular flexibility index (Phi) is 5.93. The zero-order valence-electron chi connectivity index (χ0n) is 11.6. The van der Waals surface area contributed by atoms with Crippen LogP contribution < -0.4 is 0 Å². The predicted octanol–water partition coefficient (Wildman–Crippen LogP) is 3.13. The summed E-state index contributed by atoms with van der Waals surface area (Å²) in [6.07, 6.45) is 15.4. The van der Waals surface area contributed by atoms with Crippen molar-refractivity contribution in [3.63, 3.8) is 0 Å². The van der Waals surface area contributed by atoms with E-state index in [1.807, 2.05) is 12.2 Å². The van der Waals surface area contributed by atoms with Crippen molar-refractivity contribution in [1.29, 1.82) is 0 Å². The van der Waals surface area contributed by atoms with Crippen LogP contribution in [-0.4, -0.2) is 22.4 Å². The summed E-state index contributed by atoms with van der Waals surface area (Å²) < 4.78 is 5.35. The zero-order chi connectivity index (χ0) is 13.5. The molecule has 0 aromatic carbocycles. The average Bonchev–Trinajstić information content (AvgIpc) is 2.42. The highest BCUT2D eigenvalue weighted by atomic mass is 16.5. The number of hydrogen-bond acceptors (Lipinski definition) is 3. The summed E-state index contributed by atoms with van der Waals surface area (Å²) in [6, 6.07) is 0. The van der Waals surface area contributed by atoms with Gasteiger partial charge in [-0.05, 0) is 37.8 Å². The van der Waals surface area contributed by atoms with Gasteiger partial charge >= 0.3 is 0 Å². The first kappa shape index (κ1) is 14.6. The quantitative estimate of drug-likeness (QED) is 0.769. The Hall–Kier alpha value is -0.800. The molecule has 2 fully saturated rings. The summed E-state index contributed by atoms with van der Waals surface area (Å²) >= 11 is 0. The molecule has 2 saturated carbocycles. The molecule has 2 aliphatic carbocycles. The minimum atomic E-state index is -0.210. The van der Waals surface area contributed by atoms with Gasteiger partial charge in [0.2, 0.25) is 0 Å². The normalized spacial score (nSPS) is 36.9. The number of aliphatic hydroxyl groups excluding tert-OH is 2. The van der Waals surface area contributed by atoms with Crippen molar-refractivity contribution < 1.29 is 14.9 Å². The maximum atomic E-state index is 9.81. The van der Waals surface area contributed by atoms with E-state index in [-0.39, 0.29) is 24.0 Å². The Morgan fingerprint density at radius 1 is 0.684 bits per heavy atom. The fourth-order valence-electron chi connectivity index (χ4n) is 3.07. The minimum absolute atomic E-state index is 0.210. The molecule has 0 aromatic heterocycles. The van der Waals surface area contributed by atoms with E-state index in [4.69, 9.17) is 4.74 Å². The van der Waals surface area contributed by atoms with Crippen molar-refractivity contribution in [1.82, 2.24) is 0 Å². The second-order valence-electron chi connectivity index (χ2n) is 5.82. The summed E-state index contributed by atoms with van der Waals surface area (Å²) in [7, 11) is 0. The van der Waals surface area contributed by atoms with Gasteiger partial charge in [0.1, 0.15) is 0 Å². The van der Waals surface area contributed by atoms with Gasteiger partial charge in [-0.1, -0.05) is 25.7 Å². The van der Waals surface area contributed by atoms with Gasteiger partial charge in [-0.25, -0.2) is 0 Å². The molecule has 108 valence electrons. The van der Waals surface area contributed by atoms with E-state index in [1.165, 1.54) is 12.8 Å². The molecule has 0 saturated heterocycles. The van der Waals surface area contributed by atoms with Crippen LogP contribution in [0.4, 0.5) is 0 Å². The van der Waals surface area contributed by atoms with Crippen LogP contribution in [-0.2, 0) is 4.74 Å². The molecule has 2 aliphatic rings. The maximum Gasteiger partial charge on any atom is 0.0865 e. The topological polar surface area (TPSA) is 49.7 Å². The number of aliphatic hydroxyl groups is 2. The zero-order valence-corrected chi connectivity index (χ0v) is 11.6. The average molecular weight is 266 g/mol. The van der Waals surface area contributed by atoms with Gasteiger partial charge in [0.05, 0.1) is 24.7 Å². The first-order valence-electron chi connectivity index (χ1n) is 7.62. The standard InChI is InChI=1S/C16H26O3/c17-15-7-3-1-5-13(15)9-11-19-12-10-14-6-2-4-8-16(14)18/h9-18H,1-8H2. The summed E-state index contributed by atoms with van der Waals surface area (Å²) in [5.74, 6) is 0.477. The molecule has 4 atom stereocenters. The fourth-order valence-corrected chi connectivity index (χ4v) is 3.07. The van der Waals surface area contributed by atoms with Crippen LogP contribution in [0.2, 0.25) is 0 Å². The summed E-state index contributed by atoms with van der Waals surface area (Å²) in [5.41, 5.74) is 0. The Balaban J connectivity index is 1.70. The molecule has 3 heteroatoms. The molecule has 0 amide bonds. The molecule has 19 heavy (non-hydrogen) atoms. The first-order valence-corrected chi connectivity index (χ1v) is 7.62. The molecule has 0 radical (unpaired) electrons. The van der Waals surface area contributed by atoms with E-state index < -0.39 is 0 Å². The van der Waals surface area contributed by atoms with Crippen molar-refractivity contribution >= 4 is 0 Å². The van der Waals surface area contributed by atoms with Crippen molar-refractivity contribution in [3.8, 4) is 0 Å². The number of rotatable bonds is 4. The van der Waals surface area contributed by atoms with Crippen LogP contribution in [0.3, 0.4) is 0 Å². The van der Waals surface area contributed by atoms with Crippen LogP contribution in [0.5, 0.6) is 0 Å². The Bertz CT molecular complexity index is 281. The molecular formula is C16H26O3. The van der Waals surface area contributed by atoms with E-state index in [9.17, 15) is 10.2 Å². The molecule has 2 rings (SSSR count). The van der Waals surface area contributed by atoms with Gasteiger partial charge in [0.15, 0.2) is 0 Å². The number of hydrogen-bond donors (Lipinski definition) is 2. The summed E-state index contributed by atoms with van der Waals surface area (Å²) in [6.45, 7) is 0. The summed E-state index contributed by atoms with van der Waals surface area (Å²) in [4.78, 5) is 0. The van der Waals surface area contributed by atoms with E-state index in [0.29, 0.717) is 0 Å². The highest BCUT2D eigenvalue weighted by Gasteiger charge is 2.21. The van der Waals surface area contributed by atoms with Gasteiger partial charge < -0.3 is 14.9 Å². The molecular weight excluding hydrogens is 240 g/mol. The van der Waals surface area contributed by atoms with Crippen molar-refractivity contribution in [2.24, 2.45) is 11.8 Å². The van der Waals surface area contributed by atoms with Crippen molar-refractivity contribution in [2.45, 2.75) is 63.6 Å². The minimum Gasteiger partial charge on any atom is -0.473 e. The van der Waals surface area contributed by atoms with Gasteiger partial charge in [-0.3, -0.25) is 0 Å². The van der Waals surface area contributed by atoms with Crippen LogP contribution in [0.1, 0.15) is 51.4 Å². The highest BCUT2D eigenvalue weighted by molar-refractivity contribution is 4.94. The molecule has 0 aromatic rings. The lowest BCUT2D eigenvalue weighted by molar-refractivity contribution is 0.0906. The van der Waals surface area contributed by atoms with Crippen LogP contribution >= 0.6 is 0 Å². The SMILES string of the molecule is OC1CCCCC1C=COC=CC1CCCCC1O. The van der Waals surface area contributed by atoms with E-state index in [0.717, 1.165) is 38.5 Å². The molecule has 0 heterocycles. The lowest BCUT2D eigenvalue weighted by atomic mass is 9.86. The second kappa shape index (κ2) is 7.71. The third-order valence-corrected chi connectivity index (χ3v) is 4.37. The van der Waals surface area contributed by atoms with E-state index in [2.05, 4.69) is 0 Å². The van der Waals surface area contributed by atoms with Gasteiger partial charge in [0.25, 0.3) is 0 Å². The van der Waals surface area contributed by atoms with Crippen molar-refractivity contribution in [3.05, 3.63) is 24.7 Å². The Morgan fingerprint density at radius 2 is 1.11 bits per heavy atom.